The molecule has 0 saturated heterocycles. The van der Waals surface area contributed by atoms with Crippen molar-refractivity contribution >= 4 is 28.9 Å². The first-order chi connectivity index (χ1) is 14.5. The highest BCUT2D eigenvalue weighted by Crippen LogP contribution is 2.29. The number of anilines is 2. The molecule has 0 aliphatic carbocycles. The minimum Gasteiger partial charge on any atom is -0.493 e. The molecule has 0 aliphatic rings. The molecule has 0 atom stereocenters. The third-order valence-electron chi connectivity index (χ3n) is 4.79. The van der Waals surface area contributed by atoms with Crippen LogP contribution in [0.4, 0.5) is 11.4 Å². The summed E-state index contributed by atoms with van der Waals surface area (Å²) in [7, 11) is 1.58. The Kier molecular flexibility index (Phi) is 7.20. The summed E-state index contributed by atoms with van der Waals surface area (Å²) in [5.41, 5.74) is 4.90. The normalized spacial score (nSPS) is 10.4. The number of methoxy groups -OCH3 is 1. The van der Waals surface area contributed by atoms with Gasteiger partial charge in [0.25, 0.3) is 5.91 Å². The van der Waals surface area contributed by atoms with E-state index in [1.165, 1.54) is 0 Å². The van der Waals surface area contributed by atoms with E-state index < -0.39 is 0 Å². The molecule has 0 radical (unpaired) electrons. The Bertz CT molecular complexity index is 1040. The zero-order chi connectivity index (χ0) is 21.5. The quantitative estimate of drug-likeness (QED) is 0.494. The Hall–Kier alpha value is -3.18. The van der Waals surface area contributed by atoms with Crippen molar-refractivity contribution in [3.8, 4) is 11.5 Å². The van der Waals surface area contributed by atoms with E-state index >= 15 is 0 Å². The third kappa shape index (κ3) is 5.67. The first kappa shape index (κ1) is 21.5. The summed E-state index contributed by atoms with van der Waals surface area (Å²) in [6.07, 6.45) is 0. The number of benzene rings is 3. The summed E-state index contributed by atoms with van der Waals surface area (Å²) >= 11 is 6.01. The van der Waals surface area contributed by atoms with Gasteiger partial charge in [-0.1, -0.05) is 35.9 Å². The maximum atomic E-state index is 12.3. The first-order valence-corrected chi connectivity index (χ1v) is 9.99. The van der Waals surface area contributed by atoms with E-state index in [0.717, 1.165) is 28.1 Å². The lowest BCUT2D eigenvalue weighted by Crippen LogP contribution is -2.21. The van der Waals surface area contributed by atoms with E-state index in [4.69, 9.17) is 21.1 Å². The molecule has 1 amide bonds. The van der Waals surface area contributed by atoms with Gasteiger partial charge in [0, 0.05) is 22.9 Å². The second-order valence-electron chi connectivity index (χ2n) is 6.93. The summed E-state index contributed by atoms with van der Waals surface area (Å²) in [5.74, 6) is 0.859. The molecule has 3 aromatic carbocycles. The van der Waals surface area contributed by atoms with Crippen LogP contribution in [0.5, 0.6) is 11.5 Å². The number of halogens is 1. The molecular formula is C24H25ClN2O3. The van der Waals surface area contributed by atoms with Gasteiger partial charge in [0.1, 0.15) is 0 Å². The fourth-order valence-corrected chi connectivity index (χ4v) is 3.15. The lowest BCUT2D eigenvalue weighted by atomic mass is 10.1. The van der Waals surface area contributed by atoms with Crippen molar-refractivity contribution in [1.29, 1.82) is 0 Å². The number of hydrogen-bond donors (Lipinski definition) is 2. The molecular weight excluding hydrogens is 400 g/mol. The van der Waals surface area contributed by atoms with Crippen LogP contribution in [-0.4, -0.2) is 19.6 Å². The summed E-state index contributed by atoms with van der Waals surface area (Å²) in [4.78, 5) is 12.3. The molecule has 0 heterocycles. The van der Waals surface area contributed by atoms with Crippen LogP contribution in [0.15, 0.2) is 60.7 Å². The number of ether oxygens (including phenoxy) is 2. The van der Waals surface area contributed by atoms with Gasteiger partial charge in [0.15, 0.2) is 18.1 Å². The van der Waals surface area contributed by atoms with Crippen molar-refractivity contribution in [3.05, 3.63) is 82.4 Å². The van der Waals surface area contributed by atoms with E-state index in [1.807, 2.05) is 68.4 Å². The number of hydrogen-bond acceptors (Lipinski definition) is 4. The van der Waals surface area contributed by atoms with Crippen LogP contribution >= 0.6 is 11.6 Å². The van der Waals surface area contributed by atoms with Crippen LogP contribution < -0.4 is 20.1 Å². The van der Waals surface area contributed by atoms with E-state index in [0.29, 0.717) is 23.1 Å². The van der Waals surface area contributed by atoms with Crippen molar-refractivity contribution in [2.45, 2.75) is 20.4 Å². The molecule has 30 heavy (non-hydrogen) atoms. The second-order valence-corrected chi connectivity index (χ2v) is 7.37. The fourth-order valence-electron chi connectivity index (χ4n) is 2.96. The molecule has 156 valence electrons. The number of amides is 1. The smallest absolute Gasteiger partial charge is 0.262 e. The predicted molar refractivity (Wildman–Crippen MR) is 122 cm³/mol. The Labute approximate surface area is 182 Å². The SMILES string of the molecule is COc1cc(CNc2cccc(Cl)c2)ccc1OCC(=O)Nc1cccc(C)c1C. The van der Waals surface area contributed by atoms with Gasteiger partial charge in [-0.05, 0) is 66.9 Å². The molecule has 0 spiro atoms. The highest BCUT2D eigenvalue weighted by Gasteiger charge is 2.10. The summed E-state index contributed by atoms with van der Waals surface area (Å²) in [6, 6.07) is 19.0. The van der Waals surface area contributed by atoms with Gasteiger partial charge >= 0.3 is 0 Å². The molecule has 5 nitrogen and oxygen atoms in total. The standard InChI is InChI=1S/C24H25ClN2O3/c1-16-6-4-9-21(17(16)2)27-24(28)15-30-22-11-10-18(12-23(22)29-3)14-26-20-8-5-7-19(25)13-20/h4-13,26H,14-15H2,1-3H3,(H,27,28). The lowest BCUT2D eigenvalue weighted by Gasteiger charge is -2.14. The molecule has 0 unspecified atom stereocenters. The van der Waals surface area contributed by atoms with Gasteiger partial charge in [-0.2, -0.15) is 0 Å². The number of carbonyl (C=O) groups excluding carboxylic acids is 1. The van der Waals surface area contributed by atoms with Gasteiger partial charge in [-0.25, -0.2) is 0 Å². The molecule has 3 rings (SSSR count). The zero-order valence-corrected chi connectivity index (χ0v) is 18.0. The summed E-state index contributed by atoms with van der Waals surface area (Å²) < 4.78 is 11.1. The van der Waals surface area contributed by atoms with Crippen LogP contribution in [0, 0.1) is 13.8 Å². The summed E-state index contributed by atoms with van der Waals surface area (Å²) in [6.45, 7) is 4.48. The van der Waals surface area contributed by atoms with E-state index in [-0.39, 0.29) is 12.5 Å². The van der Waals surface area contributed by atoms with Gasteiger partial charge in [0.2, 0.25) is 0 Å². The number of rotatable bonds is 8. The molecule has 3 aromatic rings. The maximum absolute atomic E-state index is 12.3. The maximum Gasteiger partial charge on any atom is 0.262 e. The Balaban J connectivity index is 1.59. The minimum atomic E-state index is -0.225. The van der Waals surface area contributed by atoms with Crippen molar-refractivity contribution in [1.82, 2.24) is 0 Å². The first-order valence-electron chi connectivity index (χ1n) is 9.61. The van der Waals surface area contributed by atoms with Gasteiger partial charge in [0.05, 0.1) is 7.11 Å². The zero-order valence-electron chi connectivity index (χ0n) is 17.3. The number of nitrogens with one attached hydrogen (secondary N) is 2. The highest BCUT2D eigenvalue weighted by molar-refractivity contribution is 6.30. The number of carbonyl (C=O) groups is 1. The molecule has 0 aromatic heterocycles. The van der Waals surface area contributed by atoms with Gasteiger partial charge in [-0.15, -0.1) is 0 Å². The topological polar surface area (TPSA) is 59.6 Å². The van der Waals surface area contributed by atoms with Crippen molar-refractivity contribution < 1.29 is 14.3 Å². The van der Waals surface area contributed by atoms with Crippen molar-refractivity contribution in [2.24, 2.45) is 0 Å². The van der Waals surface area contributed by atoms with E-state index in [2.05, 4.69) is 10.6 Å². The third-order valence-corrected chi connectivity index (χ3v) is 5.02. The monoisotopic (exact) mass is 424 g/mol. The van der Waals surface area contributed by atoms with Crippen molar-refractivity contribution in [2.75, 3.05) is 24.4 Å². The minimum absolute atomic E-state index is 0.107. The Morgan fingerprint density at radius 3 is 2.57 bits per heavy atom. The Morgan fingerprint density at radius 2 is 1.80 bits per heavy atom. The van der Waals surface area contributed by atoms with Crippen LogP contribution in [0.3, 0.4) is 0 Å². The molecule has 0 bridgehead atoms. The fraction of sp³-hybridized carbons (Fsp3) is 0.208. The highest BCUT2D eigenvalue weighted by atomic mass is 35.5. The number of aryl methyl sites for hydroxylation is 1. The van der Waals surface area contributed by atoms with Crippen LogP contribution in [0.25, 0.3) is 0 Å². The average Bonchev–Trinajstić information content (AvgIpc) is 2.74. The summed E-state index contributed by atoms with van der Waals surface area (Å²) in [5, 5.41) is 6.88. The van der Waals surface area contributed by atoms with Crippen LogP contribution in [0.1, 0.15) is 16.7 Å². The van der Waals surface area contributed by atoms with Crippen molar-refractivity contribution in [3.63, 3.8) is 0 Å². The molecule has 0 aliphatic heterocycles. The molecule has 0 saturated carbocycles. The average molecular weight is 425 g/mol. The second kappa shape index (κ2) is 10.0. The van der Waals surface area contributed by atoms with Crippen LogP contribution in [0.2, 0.25) is 5.02 Å². The van der Waals surface area contributed by atoms with Crippen LogP contribution in [-0.2, 0) is 11.3 Å². The lowest BCUT2D eigenvalue weighted by molar-refractivity contribution is -0.118. The van der Waals surface area contributed by atoms with Gasteiger partial charge < -0.3 is 20.1 Å². The van der Waals surface area contributed by atoms with Gasteiger partial charge in [-0.3, -0.25) is 4.79 Å². The largest absolute Gasteiger partial charge is 0.493 e. The molecule has 2 N–H and O–H groups in total. The molecule has 0 fully saturated rings. The van der Waals surface area contributed by atoms with E-state index in [1.54, 1.807) is 13.2 Å². The predicted octanol–water partition coefficient (Wildman–Crippen LogP) is 5.60. The van der Waals surface area contributed by atoms with E-state index in [9.17, 15) is 4.79 Å². The molecule has 6 heteroatoms. The Morgan fingerprint density at radius 1 is 1.00 bits per heavy atom.